The van der Waals surface area contributed by atoms with Gasteiger partial charge in [-0.05, 0) is 36.4 Å². The van der Waals surface area contributed by atoms with E-state index < -0.39 is 17.3 Å². The molecule has 10 heteroatoms. The van der Waals surface area contributed by atoms with Crippen molar-refractivity contribution in [3.63, 3.8) is 0 Å². The molecule has 1 amide bonds. The van der Waals surface area contributed by atoms with Crippen molar-refractivity contribution in [2.24, 2.45) is 5.73 Å². The third kappa shape index (κ3) is 5.39. The first-order valence-electron chi connectivity index (χ1n) is 9.92. The second-order valence-electron chi connectivity index (χ2n) is 7.36. The number of nitrogens with two attached hydrogens (primary N) is 1. The molecule has 0 aliphatic rings. The molecule has 32 heavy (non-hydrogen) atoms. The molecular formula is C22H26FN5O3S. The van der Waals surface area contributed by atoms with Crippen molar-refractivity contribution in [2.75, 3.05) is 37.3 Å². The highest BCUT2D eigenvalue weighted by Crippen LogP contribution is 2.28. The minimum Gasteiger partial charge on any atom is -0.422 e. The van der Waals surface area contributed by atoms with Gasteiger partial charge >= 0.3 is 5.63 Å². The predicted molar refractivity (Wildman–Crippen MR) is 127 cm³/mol. The van der Waals surface area contributed by atoms with E-state index in [1.807, 2.05) is 31.1 Å². The summed E-state index contributed by atoms with van der Waals surface area (Å²) in [5.41, 5.74) is 7.60. The number of nitrogens with zero attached hydrogens (tertiary/aromatic N) is 1. The van der Waals surface area contributed by atoms with E-state index in [1.165, 1.54) is 0 Å². The number of primary amides is 1. The summed E-state index contributed by atoms with van der Waals surface area (Å²) >= 11 is 1.14. The lowest BCUT2D eigenvalue weighted by Crippen LogP contribution is -2.29. The Labute approximate surface area is 189 Å². The summed E-state index contributed by atoms with van der Waals surface area (Å²) < 4.78 is 26.3. The Morgan fingerprint density at radius 2 is 2.00 bits per heavy atom. The van der Waals surface area contributed by atoms with E-state index in [0.717, 1.165) is 17.8 Å². The summed E-state index contributed by atoms with van der Waals surface area (Å²) in [6.45, 7) is 0.156. The molecule has 0 spiro atoms. The number of carbonyl (C=O) groups excluding carboxylic acids is 1. The Morgan fingerprint density at radius 3 is 2.69 bits per heavy atom. The third-order valence-electron chi connectivity index (χ3n) is 4.93. The van der Waals surface area contributed by atoms with Crippen LogP contribution in [-0.4, -0.2) is 33.6 Å². The predicted octanol–water partition coefficient (Wildman–Crippen LogP) is 2.36. The molecule has 0 atom stereocenters. The fourth-order valence-electron chi connectivity index (χ4n) is 3.35. The van der Waals surface area contributed by atoms with Gasteiger partial charge < -0.3 is 25.1 Å². The SMILES string of the molecule is CNSNc1cccc(Cc2c(CNCC(N)=O)c3ccc(N(C)C)cc3oc2=O)c1F. The van der Waals surface area contributed by atoms with Gasteiger partial charge in [-0.3, -0.25) is 4.79 Å². The van der Waals surface area contributed by atoms with Crippen LogP contribution in [0.5, 0.6) is 0 Å². The van der Waals surface area contributed by atoms with Gasteiger partial charge in [0.15, 0.2) is 5.82 Å². The summed E-state index contributed by atoms with van der Waals surface area (Å²) in [7, 11) is 5.49. The monoisotopic (exact) mass is 459 g/mol. The summed E-state index contributed by atoms with van der Waals surface area (Å²) in [5, 5.41) is 3.67. The van der Waals surface area contributed by atoms with Gasteiger partial charge in [0, 0.05) is 61.9 Å². The maximum atomic E-state index is 15.0. The molecule has 1 heterocycles. The molecule has 1 aromatic heterocycles. The van der Waals surface area contributed by atoms with E-state index in [1.54, 1.807) is 31.3 Å². The first-order chi connectivity index (χ1) is 15.3. The van der Waals surface area contributed by atoms with Crippen molar-refractivity contribution < 1.29 is 13.6 Å². The van der Waals surface area contributed by atoms with Crippen molar-refractivity contribution in [3.8, 4) is 0 Å². The van der Waals surface area contributed by atoms with Crippen LogP contribution in [0.15, 0.2) is 45.6 Å². The average molecular weight is 460 g/mol. The van der Waals surface area contributed by atoms with Gasteiger partial charge in [0.25, 0.3) is 0 Å². The molecule has 0 fully saturated rings. The zero-order valence-electron chi connectivity index (χ0n) is 18.1. The largest absolute Gasteiger partial charge is 0.422 e. The number of rotatable bonds is 10. The quantitative estimate of drug-likeness (QED) is 0.270. The lowest BCUT2D eigenvalue weighted by Gasteiger charge is -2.16. The number of halogens is 1. The second-order valence-corrected chi connectivity index (χ2v) is 8.17. The molecule has 0 saturated heterocycles. The van der Waals surface area contributed by atoms with Gasteiger partial charge in [-0.2, -0.15) is 0 Å². The van der Waals surface area contributed by atoms with E-state index in [0.29, 0.717) is 33.3 Å². The first-order valence-corrected chi connectivity index (χ1v) is 10.7. The molecule has 8 nitrogen and oxygen atoms in total. The van der Waals surface area contributed by atoms with Gasteiger partial charge in [0.1, 0.15) is 5.58 Å². The van der Waals surface area contributed by atoms with E-state index in [4.69, 9.17) is 10.2 Å². The summed E-state index contributed by atoms with van der Waals surface area (Å²) in [4.78, 5) is 26.0. The fourth-order valence-corrected chi connectivity index (χ4v) is 3.72. The molecule has 0 aliphatic heterocycles. The maximum absolute atomic E-state index is 15.0. The van der Waals surface area contributed by atoms with E-state index in [9.17, 15) is 9.59 Å². The van der Waals surface area contributed by atoms with E-state index in [-0.39, 0.29) is 19.5 Å². The van der Waals surface area contributed by atoms with Crippen LogP contribution >= 0.6 is 12.1 Å². The van der Waals surface area contributed by atoms with E-state index in [2.05, 4.69) is 14.8 Å². The third-order valence-corrected chi connectivity index (χ3v) is 5.46. The minimum atomic E-state index is -0.549. The number of hydrogen-bond acceptors (Lipinski definition) is 8. The first kappa shape index (κ1) is 23.6. The molecule has 0 saturated carbocycles. The second kappa shape index (κ2) is 10.5. The van der Waals surface area contributed by atoms with Crippen molar-refractivity contribution >= 4 is 40.4 Å². The molecule has 5 N–H and O–H groups in total. The molecule has 0 radical (unpaired) electrons. The molecule has 170 valence electrons. The van der Waals surface area contributed by atoms with Gasteiger partial charge in [-0.15, -0.1) is 0 Å². The molecule has 3 aromatic rings. The van der Waals surface area contributed by atoms with E-state index >= 15 is 4.39 Å². The number of amides is 1. The standard InChI is InChI=1S/C22H26FN5O3S/c1-25-32-27-18-6-4-5-13(21(18)23)9-16-17(11-26-12-20(24)29)15-8-7-14(28(2)3)10-19(15)31-22(16)30/h4-8,10,25-27H,9,11-12H2,1-3H3,(H2,24,29). The van der Waals surface area contributed by atoms with Crippen molar-refractivity contribution in [2.45, 2.75) is 13.0 Å². The van der Waals surface area contributed by atoms with Gasteiger partial charge in [0.2, 0.25) is 5.91 Å². The Morgan fingerprint density at radius 1 is 1.22 bits per heavy atom. The number of hydrogen-bond donors (Lipinski definition) is 4. The zero-order valence-corrected chi connectivity index (χ0v) is 18.9. The van der Waals surface area contributed by atoms with Crippen molar-refractivity contribution in [1.82, 2.24) is 10.0 Å². The Bertz CT molecular complexity index is 1180. The normalized spacial score (nSPS) is 11.0. The average Bonchev–Trinajstić information content (AvgIpc) is 2.75. The lowest BCUT2D eigenvalue weighted by atomic mass is 9.97. The zero-order chi connectivity index (χ0) is 23.3. The van der Waals surface area contributed by atoms with Crippen LogP contribution in [0.3, 0.4) is 0 Å². The van der Waals surface area contributed by atoms with Crippen LogP contribution in [0.1, 0.15) is 16.7 Å². The maximum Gasteiger partial charge on any atom is 0.340 e. The molecule has 0 unspecified atom stereocenters. The molecular weight excluding hydrogens is 433 g/mol. The number of benzene rings is 2. The summed E-state index contributed by atoms with van der Waals surface area (Å²) in [5.74, 6) is -0.964. The highest BCUT2D eigenvalue weighted by atomic mass is 32.2. The topological polar surface area (TPSA) is 113 Å². The fraction of sp³-hybridized carbons (Fsp3) is 0.273. The van der Waals surface area contributed by atoms with Gasteiger partial charge in [0.05, 0.1) is 12.2 Å². The van der Waals surface area contributed by atoms with Crippen LogP contribution in [0.4, 0.5) is 15.8 Å². The molecule has 0 aliphatic carbocycles. The van der Waals surface area contributed by atoms with Crippen LogP contribution < -0.4 is 31.0 Å². The molecule has 3 rings (SSSR count). The van der Waals surface area contributed by atoms with Crippen molar-refractivity contribution in [3.05, 3.63) is 69.3 Å². The smallest absolute Gasteiger partial charge is 0.340 e. The molecule has 0 bridgehead atoms. The van der Waals surface area contributed by atoms with Gasteiger partial charge in [-0.25, -0.2) is 13.9 Å². The number of carbonyl (C=O) groups is 1. The minimum absolute atomic E-state index is 0.0346. The Hall–Kier alpha value is -3.08. The molecule has 2 aromatic carbocycles. The van der Waals surface area contributed by atoms with Crippen LogP contribution in [0, 0.1) is 5.82 Å². The van der Waals surface area contributed by atoms with Crippen molar-refractivity contribution in [1.29, 1.82) is 0 Å². The summed E-state index contributed by atoms with van der Waals surface area (Å²) in [6, 6.07) is 10.5. The number of nitrogens with one attached hydrogen (secondary N) is 3. The Kier molecular flexibility index (Phi) is 7.73. The van der Waals surface area contributed by atoms with Crippen LogP contribution in [0.25, 0.3) is 11.0 Å². The Balaban J connectivity index is 2.09. The van der Waals surface area contributed by atoms with Crippen LogP contribution in [0.2, 0.25) is 0 Å². The highest BCUT2D eigenvalue weighted by Gasteiger charge is 2.18. The lowest BCUT2D eigenvalue weighted by molar-refractivity contribution is -0.117. The highest BCUT2D eigenvalue weighted by molar-refractivity contribution is 7.98. The van der Waals surface area contributed by atoms with Gasteiger partial charge in [-0.1, -0.05) is 12.1 Å². The number of fused-ring (bicyclic) bond motifs is 1. The summed E-state index contributed by atoms with van der Waals surface area (Å²) in [6.07, 6.45) is 0.0346. The number of anilines is 2. The van der Waals surface area contributed by atoms with Crippen LogP contribution in [-0.2, 0) is 17.8 Å².